The molecular formula is C6H4F3N3. The maximum Gasteiger partial charge on any atom is 0.394 e. The number of halogens is 3. The molecule has 1 aromatic rings. The summed E-state index contributed by atoms with van der Waals surface area (Å²) in [6.07, 6.45) is -4.38. The van der Waals surface area contributed by atoms with E-state index in [0.29, 0.717) is 0 Å². The van der Waals surface area contributed by atoms with E-state index in [9.17, 15) is 13.2 Å². The molecule has 12 heavy (non-hydrogen) atoms. The molecule has 0 fully saturated rings. The molecule has 0 bridgehead atoms. The van der Waals surface area contributed by atoms with Gasteiger partial charge in [-0.15, -0.1) is 0 Å². The topological polar surface area (TPSA) is 52.5 Å². The van der Waals surface area contributed by atoms with Crippen molar-refractivity contribution in [2.75, 3.05) is 0 Å². The Labute approximate surface area is 65.8 Å². The Morgan fingerprint density at radius 3 is 2.75 bits per heavy atom. The van der Waals surface area contributed by atoms with Gasteiger partial charge in [0.1, 0.15) is 6.07 Å². The van der Waals surface area contributed by atoms with Crippen molar-refractivity contribution in [2.45, 2.75) is 12.6 Å². The van der Waals surface area contributed by atoms with Gasteiger partial charge in [0.15, 0.2) is 0 Å². The number of nitrogens with one attached hydrogen (secondary N) is 1. The fraction of sp³-hybridized carbons (Fsp3) is 0.333. The Bertz CT molecular complexity index is 307. The quantitative estimate of drug-likeness (QED) is 0.701. The Balaban J connectivity index is 2.84. The van der Waals surface area contributed by atoms with Gasteiger partial charge >= 0.3 is 6.18 Å². The smallest absolute Gasteiger partial charge is 0.281 e. The highest BCUT2D eigenvalue weighted by atomic mass is 19.4. The molecule has 1 N–H and O–H groups in total. The van der Waals surface area contributed by atoms with Crippen LogP contribution in [0.2, 0.25) is 0 Å². The van der Waals surface area contributed by atoms with E-state index in [1.54, 1.807) is 6.07 Å². The van der Waals surface area contributed by atoms with E-state index in [1.807, 2.05) is 0 Å². The summed E-state index contributed by atoms with van der Waals surface area (Å²) in [5.74, 6) is 0. The number of nitriles is 1. The molecule has 1 rings (SSSR count). The second-order valence-electron chi connectivity index (χ2n) is 2.17. The Kier molecular flexibility index (Phi) is 2.04. The first-order valence-electron chi connectivity index (χ1n) is 3.02. The van der Waals surface area contributed by atoms with Crippen LogP contribution in [0.4, 0.5) is 13.2 Å². The SMILES string of the molecule is N#Cc1cn[nH]c1CC(F)(F)F. The average Bonchev–Trinajstić information content (AvgIpc) is 2.31. The number of rotatable bonds is 1. The van der Waals surface area contributed by atoms with E-state index in [1.165, 1.54) is 0 Å². The molecule has 0 spiro atoms. The third kappa shape index (κ3) is 1.99. The molecule has 6 heteroatoms. The van der Waals surface area contributed by atoms with Crippen LogP contribution in [0.5, 0.6) is 0 Å². The van der Waals surface area contributed by atoms with Gasteiger partial charge in [0.25, 0.3) is 0 Å². The van der Waals surface area contributed by atoms with Crippen molar-refractivity contribution >= 4 is 0 Å². The van der Waals surface area contributed by atoms with Crippen molar-refractivity contribution in [2.24, 2.45) is 0 Å². The Morgan fingerprint density at radius 2 is 2.25 bits per heavy atom. The summed E-state index contributed by atoms with van der Waals surface area (Å²) in [7, 11) is 0. The first-order valence-corrected chi connectivity index (χ1v) is 3.02. The lowest BCUT2D eigenvalue weighted by atomic mass is 10.2. The summed E-state index contributed by atoms with van der Waals surface area (Å²) in [4.78, 5) is 0. The van der Waals surface area contributed by atoms with Crippen LogP contribution in [0.15, 0.2) is 6.20 Å². The molecule has 64 valence electrons. The zero-order chi connectivity index (χ0) is 9.19. The van der Waals surface area contributed by atoms with Crippen molar-refractivity contribution in [3.05, 3.63) is 17.5 Å². The predicted octanol–water partition coefficient (Wildman–Crippen LogP) is 1.39. The first kappa shape index (κ1) is 8.59. The zero-order valence-corrected chi connectivity index (χ0v) is 5.81. The number of hydrogen-bond acceptors (Lipinski definition) is 2. The fourth-order valence-electron chi connectivity index (χ4n) is 0.744. The monoisotopic (exact) mass is 175 g/mol. The molecule has 0 radical (unpaired) electrons. The third-order valence-corrected chi connectivity index (χ3v) is 1.22. The molecule has 0 unspecified atom stereocenters. The van der Waals surface area contributed by atoms with Gasteiger partial charge in [-0.2, -0.15) is 23.5 Å². The summed E-state index contributed by atoms with van der Waals surface area (Å²) in [5, 5.41) is 13.8. The van der Waals surface area contributed by atoms with Crippen LogP contribution >= 0.6 is 0 Å². The van der Waals surface area contributed by atoms with E-state index < -0.39 is 12.6 Å². The summed E-state index contributed by atoms with van der Waals surface area (Å²) in [6.45, 7) is 0. The van der Waals surface area contributed by atoms with Gasteiger partial charge in [0.05, 0.1) is 23.9 Å². The van der Waals surface area contributed by atoms with Crippen molar-refractivity contribution in [3.63, 3.8) is 0 Å². The lowest BCUT2D eigenvalue weighted by molar-refractivity contribution is -0.127. The molecule has 0 saturated heterocycles. The van der Waals surface area contributed by atoms with Crippen LogP contribution in [-0.2, 0) is 6.42 Å². The normalized spacial score (nSPS) is 11.2. The molecular weight excluding hydrogens is 171 g/mol. The van der Waals surface area contributed by atoms with Crippen LogP contribution in [0.25, 0.3) is 0 Å². The molecule has 0 atom stereocenters. The van der Waals surface area contributed by atoms with Crippen molar-refractivity contribution < 1.29 is 13.2 Å². The average molecular weight is 175 g/mol. The van der Waals surface area contributed by atoms with E-state index in [0.717, 1.165) is 6.20 Å². The summed E-state index contributed by atoms with van der Waals surface area (Å²) in [6, 6.07) is 1.60. The number of H-pyrrole nitrogens is 1. The molecule has 3 nitrogen and oxygen atoms in total. The summed E-state index contributed by atoms with van der Waals surface area (Å²) in [5.41, 5.74) is -0.252. The molecule has 0 aliphatic heterocycles. The lowest BCUT2D eigenvalue weighted by Gasteiger charge is -2.02. The van der Waals surface area contributed by atoms with Crippen molar-refractivity contribution in [1.82, 2.24) is 10.2 Å². The third-order valence-electron chi connectivity index (χ3n) is 1.22. The highest BCUT2D eigenvalue weighted by Gasteiger charge is 2.29. The minimum absolute atomic E-state index is 0.0627. The largest absolute Gasteiger partial charge is 0.394 e. The number of aromatic amines is 1. The van der Waals surface area contributed by atoms with Gasteiger partial charge in [0, 0.05) is 0 Å². The van der Waals surface area contributed by atoms with Crippen LogP contribution < -0.4 is 0 Å². The van der Waals surface area contributed by atoms with E-state index in [2.05, 4.69) is 10.2 Å². The number of hydrogen-bond donors (Lipinski definition) is 1. The van der Waals surface area contributed by atoms with Gasteiger partial charge < -0.3 is 0 Å². The molecule has 0 aromatic carbocycles. The Hall–Kier alpha value is -1.51. The van der Waals surface area contributed by atoms with Gasteiger partial charge in [-0.1, -0.05) is 0 Å². The maximum atomic E-state index is 11.8. The molecule has 1 aromatic heterocycles. The van der Waals surface area contributed by atoms with Gasteiger partial charge in [-0.25, -0.2) is 0 Å². The fourth-order valence-corrected chi connectivity index (χ4v) is 0.744. The molecule has 0 saturated carbocycles. The summed E-state index contributed by atoms with van der Waals surface area (Å²) >= 11 is 0. The standard InChI is InChI=1S/C6H4F3N3/c7-6(8,9)1-5-4(2-10)3-11-12-5/h3H,1H2,(H,11,12). The molecule has 0 aliphatic carbocycles. The minimum Gasteiger partial charge on any atom is -0.281 e. The Morgan fingerprint density at radius 1 is 1.58 bits per heavy atom. The second kappa shape index (κ2) is 2.85. The van der Waals surface area contributed by atoms with Crippen LogP contribution in [0, 0.1) is 11.3 Å². The molecule has 1 heterocycles. The van der Waals surface area contributed by atoms with Crippen molar-refractivity contribution in [3.8, 4) is 6.07 Å². The van der Waals surface area contributed by atoms with Gasteiger partial charge in [-0.05, 0) is 0 Å². The number of aromatic nitrogens is 2. The number of alkyl halides is 3. The lowest BCUT2D eigenvalue weighted by Crippen LogP contribution is -2.12. The first-order chi connectivity index (χ1) is 5.53. The second-order valence-corrected chi connectivity index (χ2v) is 2.17. The highest BCUT2D eigenvalue weighted by Crippen LogP contribution is 2.21. The predicted molar refractivity (Wildman–Crippen MR) is 33.1 cm³/mol. The summed E-state index contributed by atoms with van der Waals surface area (Å²) < 4.78 is 35.3. The number of nitrogens with zero attached hydrogens (tertiary/aromatic N) is 2. The van der Waals surface area contributed by atoms with E-state index >= 15 is 0 Å². The minimum atomic E-state index is -4.31. The van der Waals surface area contributed by atoms with Gasteiger partial charge in [-0.3, -0.25) is 5.10 Å². The highest BCUT2D eigenvalue weighted by molar-refractivity contribution is 5.30. The van der Waals surface area contributed by atoms with Gasteiger partial charge in [0.2, 0.25) is 0 Å². The van der Waals surface area contributed by atoms with Crippen molar-refractivity contribution in [1.29, 1.82) is 5.26 Å². The van der Waals surface area contributed by atoms with Crippen LogP contribution in [0.1, 0.15) is 11.3 Å². The zero-order valence-electron chi connectivity index (χ0n) is 5.81. The van der Waals surface area contributed by atoms with E-state index in [-0.39, 0.29) is 11.3 Å². The molecule has 0 aliphatic rings. The maximum absolute atomic E-state index is 11.8. The molecule has 0 amide bonds. The van der Waals surface area contributed by atoms with Crippen LogP contribution in [-0.4, -0.2) is 16.4 Å². The van der Waals surface area contributed by atoms with E-state index in [4.69, 9.17) is 5.26 Å². The van der Waals surface area contributed by atoms with Crippen LogP contribution in [0.3, 0.4) is 0 Å².